The fraction of sp³-hybridized carbons (Fsp3) is 0.357. The number of carboxylic acid groups (broad SMARTS) is 1. The number of rotatable bonds is 5. The molecular weight excluding hydrogens is 256 g/mol. The summed E-state index contributed by atoms with van der Waals surface area (Å²) < 4.78 is 1.60. The zero-order valence-electron chi connectivity index (χ0n) is 11.8. The van der Waals surface area contributed by atoms with Crippen LogP contribution >= 0.6 is 0 Å². The molecule has 6 nitrogen and oxygen atoms in total. The fourth-order valence-corrected chi connectivity index (χ4v) is 2.27. The van der Waals surface area contributed by atoms with Crippen molar-refractivity contribution in [2.24, 2.45) is 7.05 Å². The number of hydrogen-bond acceptors (Lipinski definition) is 4. The molecule has 0 spiro atoms. The minimum Gasteiger partial charge on any atom is -0.480 e. The topological polar surface area (TPSA) is 71.2 Å². The van der Waals surface area contributed by atoms with Gasteiger partial charge in [-0.3, -0.25) is 14.4 Å². The summed E-state index contributed by atoms with van der Waals surface area (Å²) in [6.07, 6.45) is 1.78. The van der Waals surface area contributed by atoms with Gasteiger partial charge in [-0.05, 0) is 25.1 Å². The highest BCUT2D eigenvalue weighted by atomic mass is 16.4. The number of likely N-dealkylation sites (N-methyl/N-ethyl adjacent to an activating group) is 1. The Balaban J connectivity index is 2.25. The van der Waals surface area contributed by atoms with Crippen LogP contribution in [0.15, 0.2) is 30.5 Å². The van der Waals surface area contributed by atoms with E-state index in [9.17, 15) is 9.90 Å². The predicted molar refractivity (Wildman–Crippen MR) is 74.0 cm³/mol. The Bertz CT molecular complexity index is 609. The Kier molecular flexibility index (Phi) is 4.14. The number of carboxylic acids is 1. The minimum absolute atomic E-state index is 0.430. The van der Waals surface area contributed by atoms with Gasteiger partial charge in [0.1, 0.15) is 6.04 Å². The van der Waals surface area contributed by atoms with Gasteiger partial charge >= 0.3 is 5.97 Å². The average molecular weight is 274 g/mol. The van der Waals surface area contributed by atoms with E-state index in [0.29, 0.717) is 6.54 Å². The van der Waals surface area contributed by atoms with Crippen molar-refractivity contribution < 1.29 is 9.90 Å². The summed E-state index contributed by atoms with van der Waals surface area (Å²) in [5, 5.41) is 17.4. The van der Waals surface area contributed by atoms with Gasteiger partial charge in [0, 0.05) is 19.8 Å². The van der Waals surface area contributed by atoms with Crippen LogP contribution in [0.1, 0.15) is 22.9 Å². The van der Waals surface area contributed by atoms with Gasteiger partial charge in [0.05, 0.1) is 5.69 Å². The van der Waals surface area contributed by atoms with Crippen LogP contribution in [-0.4, -0.2) is 38.0 Å². The minimum atomic E-state index is -0.870. The van der Waals surface area contributed by atoms with Crippen molar-refractivity contribution in [3.8, 4) is 0 Å². The largest absolute Gasteiger partial charge is 0.480 e. The summed E-state index contributed by atoms with van der Waals surface area (Å²) in [6.45, 7) is 2.35. The molecule has 2 aromatic rings. The number of hydrogen-bond donors (Lipinski definition) is 1. The zero-order valence-corrected chi connectivity index (χ0v) is 11.8. The van der Waals surface area contributed by atoms with E-state index in [-0.39, 0.29) is 0 Å². The summed E-state index contributed by atoms with van der Waals surface area (Å²) in [5.41, 5.74) is 2.51. The summed E-state index contributed by atoms with van der Waals surface area (Å²) in [6, 6.07) is 6.83. The molecule has 0 amide bonds. The van der Waals surface area contributed by atoms with Crippen molar-refractivity contribution in [2.45, 2.75) is 19.5 Å². The second-order valence-electron chi connectivity index (χ2n) is 4.90. The van der Waals surface area contributed by atoms with Crippen LogP contribution in [0.25, 0.3) is 0 Å². The molecule has 0 radical (unpaired) electrons. The number of aliphatic carboxylic acids is 1. The molecule has 106 valence electrons. The van der Waals surface area contributed by atoms with Crippen LogP contribution in [0, 0.1) is 6.92 Å². The molecule has 0 bridgehead atoms. The molecule has 0 aliphatic heterocycles. The zero-order chi connectivity index (χ0) is 14.7. The molecule has 0 saturated heterocycles. The molecule has 0 saturated carbocycles. The molecule has 2 rings (SSSR count). The van der Waals surface area contributed by atoms with Crippen molar-refractivity contribution >= 4 is 5.97 Å². The maximum atomic E-state index is 11.6. The van der Waals surface area contributed by atoms with Crippen molar-refractivity contribution in [1.82, 2.24) is 19.9 Å². The summed E-state index contributed by atoms with van der Waals surface area (Å²) in [5.74, 6) is -0.870. The van der Waals surface area contributed by atoms with Gasteiger partial charge in [-0.25, -0.2) is 0 Å². The van der Waals surface area contributed by atoms with Gasteiger partial charge in [0.15, 0.2) is 0 Å². The van der Waals surface area contributed by atoms with Crippen molar-refractivity contribution in [2.75, 3.05) is 7.05 Å². The Morgan fingerprint density at radius 3 is 2.70 bits per heavy atom. The lowest BCUT2D eigenvalue weighted by molar-refractivity contribution is -0.143. The normalized spacial score (nSPS) is 12.6. The highest BCUT2D eigenvalue weighted by Crippen LogP contribution is 2.24. The van der Waals surface area contributed by atoms with E-state index in [1.807, 2.05) is 31.2 Å². The fourth-order valence-electron chi connectivity index (χ4n) is 2.27. The molecule has 1 heterocycles. The number of aryl methyl sites for hydroxylation is 2. The lowest BCUT2D eigenvalue weighted by Gasteiger charge is -2.25. The Labute approximate surface area is 117 Å². The first-order valence-corrected chi connectivity index (χ1v) is 6.33. The third-order valence-corrected chi connectivity index (χ3v) is 3.22. The number of aromatic nitrogens is 3. The molecule has 1 unspecified atom stereocenters. The standard InChI is InChI=1S/C14H18N4O2/c1-10-6-4-5-7-12(10)13(14(19)20)17(2)8-11-9-18(3)16-15-11/h4-7,9,13H,8H2,1-3H3,(H,19,20). The predicted octanol–water partition coefficient (Wildman–Crippen LogP) is 1.38. The maximum absolute atomic E-state index is 11.6. The Morgan fingerprint density at radius 1 is 1.45 bits per heavy atom. The van der Waals surface area contributed by atoms with Crippen LogP contribution in [0.3, 0.4) is 0 Å². The van der Waals surface area contributed by atoms with E-state index in [0.717, 1.165) is 16.8 Å². The first-order valence-electron chi connectivity index (χ1n) is 6.33. The first-order chi connectivity index (χ1) is 9.49. The highest BCUT2D eigenvalue weighted by molar-refractivity contribution is 5.76. The van der Waals surface area contributed by atoms with E-state index in [1.54, 1.807) is 29.9 Å². The second-order valence-corrected chi connectivity index (χ2v) is 4.90. The summed E-state index contributed by atoms with van der Waals surface area (Å²) in [4.78, 5) is 13.4. The van der Waals surface area contributed by atoms with E-state index in [1.165, 1.54) is 0 Å². The molecular formula is C14H18N4O2. The number of nitrogens with zero attached hydrogens (tertiary/aromatic N) is 4. The summed E-state index contributed by atoms with van der Waals surface area (Å²) in [7, 11) is 3.56. The monoisotopic (exact) mass is 274 g/mol. The molecule has 1 aromatic heterocycles. The van der Waals surface area contributed by atoms with Crippen LogP contribution < -0.4 is 0 Å². The average Bonchev–Trinajstić information content (AvgIpc) is 2.77. The van der Waals surface area contributed by atoms with Crippen LogP contribution in [-0.2, 0) is 18.4 Å². The smallest absolute Gasteiger partial charge is 0.325 e. The Hall–Kier alpha value is -2.21. The molecule has 1 aromatic carbocycles. The second kappa shape index (κ2) is 5.83. The molecule has 6 heteroatoms. The molecule has 1 N–H and O–H groups in total. The van der Waals surface area contributed by atoms with E-state index >= 15 is 0 Å². The van der Waals surface area contributed by atoms with Gasteiger partial charge in [0.25, 0.3) is 0 Å². The quantitative estimate of drug-likeness (QED) is 0.892. The van der Waals surface area contributed by atoms with E-state index in [4.69, 9.17) is 0 Å². The van der Waals surface area contributed by atoms with E-state index < -0.39 is 12.0 Å². The van der Waals surface area contributed by atoms with Gasteiger partial charge < -0.3 is 5.11 Å². The SMILES string of the molecule is Cc1ccccc1C(C(=O)O)N(C)Cc1cn(C)nn1. The molecule has 0 aliphatic carbocycles. The van der Waals surface area contributed by atoms with Crippen LogP contribution in [0.2, 0.25) is 0 Å². The molecule has 20 heavy (non-hydrogen) atoms. The van der Waals surface area contributed by atoms with Crippen molar-refractivity contribution in [1.29, 1.82) is 0 Å². The van der Waals surface area contributed by atoms with Gasteiger partial charge in [-0.2, -0.15) is 0 Å². The molecule has 1 atom stereocenters. The number of carbonyl (C=O) groups is 1. The highest BCUT2D eigenvalue weighted by Gasteiger charge is 2.26. The first kappa shape index (κ1) is 14.2. The van der Waals surface area contributed by atoms with Gasteiger partial charge in [-0.15, -0.1) is 5.10 Å². The van der Waals surface area contributed by atoms with Crippen molar-refractivity contribution in [3.05, 3.63) is 47.3 Å². The Morgan fingerprint density at radius 2 is 2.15 bits per heavy atom. The van der Waals surface area contributed by atoms with E-state index in [2.05, 4.69) is 10.3 Å². The molecule has 0 fully saturated rings. The number of benzene rings is 1. The third-order valence-electron chi connectivity index (χ3n) is 3.22. The molecule has 0 aliphatic rings. The third kappa shape index (κ3) is 3.03. The van der Waals surface area contributed by atoms with Crippen LogP contribution in [0.4, 0.5) is 0 Å². The lowest BCUT2D eigenvalue weighted by atomic mass is 10.0. The van der Waals surface area contributed by atoms with Gasteiger partial charge in [-0.1, -0.05) is 29.5 Å². The van der Waals surface area contributed by atoms with Gasteiger partial charge in [0.2, 0.25) is 0 Å². The summed E-state index contributed by atoms with van der Waals surface area (Å²) >= 11 is 0. The maximum Gasteiger partial charge on any atom is 0.325 e. The van der Waals surface area contributed by atoms with Crippen LogP contribution in [0.5, 0.6) is 0 Å². The lowest BCUT2D eigenvalue weighted by Crippen LogP contribution is -2.31. The van der Waals surface area contributed by atoms with Crippen molar-refractivity contribution in [3.63, 3.8) is 0 Å².